The van der Waals surface area contributed by atoms with Crippen LogP contribution in [0.25, 0.3) is 0 Å². The molecule has 0 spiro atoms. The van der Waals surface area contributed by atoms with Gasteiger partial charge < -0.3 is 10.2 Å². The Morgan fingerprint density at radius 2 is 1.59 bits per heavy atom. The van der Waals surface area contributed by atoms with E-state index in [4.69, 9.17) is 23.2 Å². The van der Waals surface area contributed by atoms with Gasteiger partial charge in [-0.3, -0.25) is 9.59 Å². The Balaban J connectivity index is 2.18. The fourth-order valence-electron chi connectivity index (χ4n) is 3.26. The van der Waals surface area contributed by atoms with Crippen molar-refractivity contribution in [2.24, 2.45) is 0 Å². The Kier molecular flexibility index (Phi) is 8.99. The maximum atomic E-state index is 13.1. The van der Waals surface area contributed by atoms with E-state index in [9.17, 15) is 9.59 Å². The van der Waals surface area contributed by atoms with Crippen LogP contribution in [0.2, 0.25) is 10.0 Å². The first kappa shape index (κ1) is 23.2. The lowest BCUT2D eigenvalue weighted by Gasteiger charge is -2.30. The minimum Gasteiger partial charge on any atom is -0.357 e. The number of rotatable bonds is 9. The normalized spacial score (nSPS) is 11.8. The summed E-state index contributed by atoms with van der Waals surface area (Å²) in [5.41, 5.74) is 3.22. The molecule has 2 aromatic carbocycles. The van der Waals surface area contributed by atoms with Crippen LogP contribution in [0.15, 0.2) is 42.5 Å². The fraction of sp³-hybridized carbons (Fsp3) is 0.391. The van der Waals surface area contributed by atoms with E-state index >= 15 is 0 Å². The van der Waals surface area contributed by atoms with Gasteiger partial charge in [-0.25, -0.2) is 0 Å². The number of aryl methyl sites for hydroxylation is 2. The van der Waals surface area contributed by atoms with Crippen molar-refractivity contribution >= 4 is 35.0 Å². The number of benzene rings is 2. The SMILES string of the molecule is CCc1ccc(CCC(=O)N(Cc2ccc(Cl)c(Cl)c2)C(CC)C(=O)NC)cc1. The molecule has 0 heterocycles. The molecule has 1 atom stereocenters. The van der Waals surface area contributed by atoms with Crippen LogP contribution in [0.3, 0.4) is 0 Å². The number of halogens is 2. The van der Waals surface area contributed by atoms with Crippen LogP contribution in [0, 0.1) is 0 Å². The van der Waals surface area contributed by atoms with Crippen molar-refractivity contribution in [1.29, 1.82) is 0 Å². The van der Waals surface area contributed by atoms with Crippen molar-refractivity contribution in [2.45, 2.75) is 52.1 Å². The van der Waals surface area contributed by atoms with E-state index in [1.165, 1.54) is 5.56 Å². The number of hydrogen-bond donors (Lipinski definition) is 1. The molecule has 1 N–H and O–H groups in total. The fourth-order valence-corrected chi connectivity index (χ4v) is 3.58. The molecule has 0 aromatic heterocycles. The van der Waals surface area contributed by atoms with Gasteiger partial charge in [0.2, 0.25) is 11.8 Å². The zero-order chi connectivity index (χ0) is 21.4. The summed E-state index contributed by atoms with van der Waals surface area (Å²) in [5.74, 6) is -0.237. The molecule has 0 aliphatic rings. The molecule has 0 bridgehead atoms. The lowest BCUT2D eigenvalue weighted by Crippen LogP contribution is -2.48. The second-order valence-electron chi connectivity index (χ2n) is 6.98. The van der Waals surface area contributed by atoms with Crippen molar-refractivity contribution < 1.29 is 9.59 Å². The molecule has 2 rings (SSSR count). The molecule has 0 radical (unpaired) electrons. The van der Waals surface area contributed by atoms with Gasteiger partial charge in [-0.2, -0.15) is 0 Å². The first-order valence-corrected chi connectivity index (χ1v) is 10.7. The molecule has 29 heavy (non-hydrogen) atoms. The van der Waals surface area contributed by atoms with Crippen LogP contribution in [0.1, 0.15) is 43.4 Å². The summed E-state index contributed by atoms with van der Waals surface area (Å²) in [6, 6.07) is 13.0. The molecule has 0 fully saturated rings. The third-order valence-electron chi connectivity index (χ3n) is 5.03. The van der Waals surface area contributed by atoms with E-state index in [0.29, 0.717) is 35.9 Å². The third-order valence-corrected chi connectivity index (χ3v) is 5.77. The molecule has 0 saturated carbocycles. The molecule has 6 heteroatoms. The van der Waals surface area contributed by atoms with Crippen molar-refractivity contribution in [3.8, 4) is 0 Å². The molecule has 2 amide bonds. The Morgan fingerprint density at radius 3 is 2.14 bits per heavy atom. The molecule has 4 nitrogen and oxygen atoms in total. The second-order valence-corrected chi connectivity index (χ2v) is 7.79. The van der Waals surface area contributed by atoms with E-state index in [0.717, 1.165) is 17.5 Å². The topological polar surface area (TPSA) is 49.4 Å². The highest BCUT2D eigenvalue weighted by Gasteiger charge is 2.27. The van der Waals surface area contributed by atoms with E-state index in [1.54, 1.807) is 24.1 Å². The van der Waals surface area contributed by atoms with Crippen LogP contribution in [-0.2, 0) is 29.0 Å². The average Bonchev–Trinajstić information content (AvgIpc) is 2.74. The zero-order valence-corrected chi connectivity index (χ0v) is 18.7. The number of hydrogen-bond acceptors (Lipinski definition) is 2. The summed E-state index contributed by atoms with van der Waals surface area (Å²) < 4.78 is 0. The molecule has 0 aliphatic carbocycles. The number of carbonyl (C=O) groups excluding carboxylic acids is 2. The van der Waals surface area contributed by atoms with Gasteiger partial charge in [-0.1, -0.05) is 67.4 Å². The van der Waals surface area contributed by atoms with Gasteiger partial charge >= 0.3 is 0 Å². The number of carbonyl (C=O) groups is 2. The van der Waals surface area contributed by atoms with E-state index in [2.05, 4.69) is 36.5 Å². The first-order valence-electron chi connectivity index (χ1n) is 9.92. The Hall–Kier alpha value is -2.04. The summed E-state index contributed by atoms with van der Waals surface area (Å²) >= 11 is 12.1. The van der Waals surface area contributed by atoms with Crippen molar-refractivity contribution in [2.75, 3.05) is 7.05 Å². The number of nitrogens with zero attached hydrogens (tertiary/aromatic N) is 1. The van der Waals surface area contributed by atoms with E-state index in [1.807, 2.05) is 13.0 Å². The second kappa shape index (κ2) is 11.2. The summed E-state index contributed by atoms with van der Waals surface area (Å²) in [6.45, 7) is 4.32. The molecule has 0 saturated heterocycles. The maximum Gasteiger partial charge on any atom is 0.242 e. The Bertz CT molecular complexity index is 837. The van der Waals surface area contributed by atoms with Gasteiger partial charge in [0.15, 0.2) is 0 Å². The van der Waals surface area contributed by atoms with Gasteiger partial charge in [0.25, 0.3) is 0 Å². The summed E-state index contributed by atoms with van der Waals surface area (Å²) in [4.78, 5) is 27.1. The lowest BCUT2D eigenvalue weighted by molar-refractivity contribution is -0.141. The lowest BCUT2D eigenvalue weighted by atomic mass is 10.0. The minimum atomic E-state index is -0.538. The van der Waals surface area contributed by atoms with E-state index in [-0.39, 0.29) is 11.8 Å². The maximum absolute atomic E-state index is 13.1. The Morgan fingerprint density at radius 1 is 0.966 bits per heavy atom. The monoisotopic (exact) mass is 434 g/mol. The average molecular weight is 435 g/mol. The minimum absolute atomic E-state index is 0.0638. The van der Waals surface area contributed by atoms with Crippen molar-refractivity contribution in [3.63, 3.8) is 0 Å². The van der Waals surface area contributed by atoms with Crippen LogP contribution in [0.4, 0.5) is 0 Å². The molecular weight excluding hydrogens is 407 g/mol. The Labute approximate surface area is 183 Å². The predicted molar refractivity (Wildman–Crippen MR) is 119 cm³/mol. The highest BCUT2D eigenvalue weighted by Crippen LogP contribution is 2.24. The third kappa shape index (κ3) is 6.48. The smallest absolute Gasteiger partial charge is 0.242 e. The standard InChI is InChI=1S/C23H28Cl2N2O2/c1-4-16-6-8-17(9-7-16)11-13-22(28)27(21(5-2)23(29)26-3)15-18-10-12-19(24)20(25)14-18/h6-10,12,14,21H,4-5,11,13,15H2,1-3H3,(H,26,29). The van der Waals surface area contributed by atoms with Crippen molar-refractivity contribution in [3.05, 3.63) is 69.2 Å². The first-order chi connectivity index (χ1) is 13.9. The molecule has 2 aromatic rings. The van der Waals surface area contributed by atoms with Crippen molar-refractivity contribution in [1.82, 2.24) is 10.2 Å². The van der Waals surface area contributed by atoms with Gasteiger partial charge in [0.1, 0.15) is 6.04 Å². The van der Waals surface area contributed by atoms with Crippen LogP contribution >= 0.6 is 23.2 Å². The van der Waals surface area contributed by atoms with Gasteiger partial charge in [0, 0.05) is 20.0 Å². The molecule has 156 valence electrons. The van der Waals surface area contributed by atoms with Gasteiger partial charge in [-0.05, 0) is 48.1 Å². The summed E-state index contributed by atoms with van der Waals surface area (Å²) in [5, 5.41) is 3.56. The van der Waals surface area contributed by atoms with Gasteiger partial charge in [0.05, 0.1) is 10.0 Å². The van der Waals surface area contributed by atoms with Crippen LogP contribution < -0.4 is 5.32 Å². The van der Waals surface area contributed by atoms with E-state index < -0.39 is 6.04 Å². The van der Waals surface area contributed by atoms with Gasteiger partial charge in [-0.15, -0.1) is 0 Å². The quantitative estimate of drug-likeness (QED) is 0.600. The highest BCUT2D eigenvalue weighted by molar-refractivity contribution is 6.42. The van der Waals surface area contributed by atoms with Crippen LogP contribution in [-0.4, -0.2) is 29.8 Å². The molecular formula is C23H28Cl2N2O2. The predicted octanol–water partition coefficient (Wildman–Crippen LogP) is 5.04. The highest BCUT2D eigenvalue weighted by atomic mass is 35.5. The summed E-state index contributed by atoms with van der Waals surface area (Å²) in [7, 11) is 1.59. The van der Waals surface area contributed by atoms with Crippen LogP contribution in [0.5, 0.6) is 0 Å². The summed E-state index contributed by atoms with van der Waals surface area (Å²) in [6.07, 6.45) is 2.48. The number of amides is 2. The largest absolute Gasteiger partial charge is 0.357 e. The zero-order valence-electron chi connectivity index (χ0n) is 17.2. The molecule has 1 unspecified atom stereocenters. The number of nitrogens with one attached hydrogen (secondary N) is 1. The molecule has 0 aliphatic heterocycles. The number of likely N-dealkylation sites (N-methyl/N-ethyl adjacent to an activating group) is 1.